The van der Waals surface area contributed by atoms with Gasteiger partial charge in [-0.3, -0.25) is 4.79 Å². The van der Waals surface area contributed by atoms with Crippen molar-refractivity contribution in [1.29, 1.82) is 0 Å². The van der Waals surface area contributed by atoms with Gasteiger partial charge in [0.25, 0.3) is 0 Å². The lowest BCUT2D eigenvalue weighted by molar-refractivity contribution is -0.137. The van der Waals surface area contributed by atoms with E-state index in [1.807, 2.05) is 30.3 Å². The minimum atomic E-state index is -4.64. The van der Waals surface area contributed by atoms with Crippen LogP contribution >= 0.6 is 11.3 Å². The summed E-state index contributed by atoms with van der Waals surface area (Å²) in [5, 5.41) is 11.8. The van der Waals surface area contributed by atoms with Crippen molar-refractivity contribution in [2.75, 3.05) is 18.4 Å². The summed E-state index contributed by atoms with van der Waals surface area (Å²) in [6.45, 7) is 0.0596. The van der Waals surface area contributed by atoms with Crippen molar-refractivity contribution < 1.29 is 26.4 Å². The second-order valence-electron chi connectivity index (χ2n) is 7.47. The Bertz CT molecular complexity index is 1240. The Morgan fingerprint density at radius 3 is 2.39 bits per heavy atom. The zero-order valence-electron chi connectivity index (χ0n) is 17.1. The van der Waals surface area contributed by atoms with Crippen molar-refractivity contribution in [2.24, 2.45) is 5.92 Å². The molecule has 0 bridgehead atoms. The molecule has 0 spiro atoms. The number of aromatic nitrogens is 2. The number of amides is 1. The van der Waals surface area contributed by atoms with Crippen molar-refractivity contribution in [2.45, 2.75) is 23.9 Å². The molecule has 0 unspecified atom stereocenters. The number of anilines is 1. The third-order valence-electron chi connectivity index (χ3n) is 5.30. The van der Waals surface area contributed by atoms with Gasteiger partial charge in [0, 0.05) is 24.6 Å². The number of alkyl halides is 3. The lowest BCUT2D eigenvalue weighted by Gasteiger charge is -2.30. The number of hydrogen-bond acceptors (Lipinski definition) is 6. The van der Waals surface area contributed by atoms with Gasteiger partial charge in [0.2, 0.25) is 21.1 Å². The van der Waals surface area contributed by atoms with Gasteiger partial charge in [-0.05, 0) is 31.0 Å². The molecule has 2 aromatic carbocycles. The number of halogens is 3. The molecule has 1 aromatic heterocycles. The molecule has 33 heavy (non-hydrogen) atoms. The Balaban J connectivity index is 1.38. The first-order valence-corrected chi connectivity index (χ1v) is 12.3. The highest BCUT2D eigenvalue weighted by atomic mass is 32.2. The molecule has 1 aliphatic rings. The molecule has 1 aliphatic heterocycles. The van der Waals surface area contributed by atoms with E-state index < -0.39 is 32.6 Å². The van der Waals surface area contributed by atoms with Crippen LogP contribution in [0.25, 0.3) is 10.6 Å². The quantitative estimate of drug-likeness (QED) is 0.570. The largest absolute Gasteiger partial charge is 0.416 e. The van der Waals surface area contributed by atoms with Crippen molar-refractivity contribution in [3.8, 4) is 10.6 Å². The van der Waals surface area contributed by atoms with E-state index in [0.717, 1.165) is 28.1 Å². The molecular weight excluding hydrogens is 477 g/mol. The third-order valence-corrected chi connectivity index (χ3v) is 8.08. The second-order valence-corrected chi connectivity index (χ2v) is 10.4. The molecule has 2 heterocycles. The average molecular weight is 497 g/mol. The Morgan fingerprint density at radius 1 is 1.03 bits per heavy atom. The highest BCUT2D eigenvalue weighted by Gasteiger charge is 2.35. The molecule has 1 saturated heterocycles. The first kappa shape index (κ1) is 23.3. The van der Waals surface area contributed by atoms with E-state index in [0.29, 0.717) is 16.2 Å². The van der Waals surface area contributed by atoms with Crippen molar-refractivity contribution in [3.05, 3.63) is 60.2 Å². The number of carbonyl (C=O) groups excluding carboxylic acids is 1. The fourth-order valence-corrected chi connectivity index (χ4v) is 5.79. The maximum atomic E-state index is 13.0. The van der Waals surface area contributed by atoms with Gasteiger partial charge in [-0.1, -0.05) is 47.7 Å². The summed E-state index contributed by atoms with van der Waals surface area (Å²) in [7, 11) is -4.10. The Kier molecular flexibility index (Phi) is 6.50. The predicted molar refractivity (Wildman–Crippen MR) is 117 cm³/mol. The highest BCUT2D eigenvalue weighted by Crippen LogP contribution is 2.32. The minimum absolute atomic E-state index is 0.0298. The molecule has 0 saturated carbocycles. The van der Waals surface area contributed by atoms with Gasteiger partial charge >= 0.3 is 6.18 Å². The van der Waals surface area contributed by atoms with E-state index in [4.69, 9.17) is 0 Å². The molecule has 0 atom stereocenters. The van der Waals surface area contributed by atoms with Gasteiger partial charge < -0.3 is 5.32 Å². The van der Waals surface area contributed by atoms with Crippen LogP contribution in [0.4, 0.5) is 18.3 Å². The molecule has 1 fully saturated rings. The summed E-state index contributed by atoms with van der Waals surface area (Å²) < 4.78 is 65.6. The summed E-state index contributed by atoms with van der Waals surface area (Å²) in [5.74, 6) is -0.732. The van der Waals surface area contributed by atoms with Crippen molar-refractivity contribution >= 4 is 32.4 Å². The van der Waals surface area contributed by atoms with E-state index in [-0.39, 0.29) is 31.8 Å². The third kappa shape index (κ3) is 5.23. The number of nitrogens with one attached hydrogen (secondary N) is 1. The average Bonchev–Trinajstić information content (AvgIpc) is 3.28. The number of carbonyl (C=O) groups is 1. The van der Waals surface area contributed by atoms with E-state index in [2.05, 4.69) is 15.5 Å². The van der Waals surface area contributed by atoms with E-state index in [9.17, 15) is 26.4 Å². The van der Waals surface area contributed by atoms with Crippen LogP contribution in [0.15, 0.2) is 59.5 Å². The SMILES string of the molecule is O=C(Nc1nnc(-c2ccccc2)s1)C1CCN(S(=O)(=O)c2cccc(C(F)(F)F)c2)CC1. The van der Waals surface area contributed by atoms with Crippen LogP contribution in [0, 0.1) is 5.92 Å². The van der Waals surface area contributed by atoms with E-state index in [1.54, 1.807) is 0 Å². The first-order chi connectivity index (χ1) is 15.6. The Hall–Kier alpha value is -2.83. The fraction of sp³-hybridized carbons (Fsp3) is 0.286. The maximum absolute atomic E-state index is 13.0. The molecule has 0 aliphatic carbocycles. The highest BCUT2D eigenvalue weighted by molar-refractivity contribution is 7.89. The van der Waals surface area contributed by atoms with Gasteiger partial charge in [0.1, 0.15) is 5.01 Å². The molecule has 4 rings (SSSR count). The minimum Gasteiger partial charge on any atom is -0.300 e. The number of nitrogens with zero attached hydrogens (tertiary/aromatic N) is 3. The summed E-state index contributed by atoms with van der Waals surface area (Å²) in [4.78, 5) is 12.2. The lowest BCUT2D eigenvalue weighted by atomic mass is 9.97. The Labute approximate surface area is 192 Å². The standard InChI is InChI=1S/C21H19F3N4O3S2/c22-21(23,24)16-7-4-8-17(13-16)33(30,31)28-11-9-14(10-12-28)18(29)25-20-27-26-19(32-20)15-5-2-1-3-6-15/h1-8,13-14H,9-12H2,(H,25,27,29). The zero-order valence-corrected chi connectivity index (χ0v) is 18.8. The summed E-state index contributed by atoms with van der Waals surface area (Å²) in [5.41, 5.74) is -0.145. The second kappa shape index (κ2) is 9.20. The van der Waals surface area contributed by atoms with Gasteiger partial charge in [0.15, 0.2) is 0 Å². The van der Waals surface area contributed by atoms with Crippen molar-refractivity contribution in [1.82, 2.24) is 14.5 Å². The summed E-state index contributed by atoms with van der Waals surface area (Å²) >= 11 is 1.23. The van der Waals surface area contributed by atoms with Gasteiger partial charge in [-0.15, -0.1) is 10.2 Å². The molecule has 174 valence electrons. The number of hydrogen-bond donors (Lipinski definition) is 1. The number of piperidine rings is 1. The monoisotopic (exact) mass is 496 g/mol. The normalized spacial score (nSPS) is 16.0. The number of sulfonamides is 1. The van der Waals surface area contributed by atoms with Gasteiger partial charge in [0.05, 0.1) is 10.5 Å². The van der Waals surface area contributed by atoms with Crippen molar-refractivity contribution in [3.63, 3.8) is 0 Å². The molecule has 12 heteroatoms. The van der Waals surface area contributed by atoms with Crippen LogP contribution < -0.4 is 5.32 Å². The summed E-state index contributed by atoms with van der Waals surface area (Å²) in [6, 6.07) is 13.1. The molecule has 1 amide bonds. The smallest absolute Gasteiger partial charge is 0.300 e. The predicted octanol–water partition coefficient (Wildman–Crippen LogP) is 4.26. The topological polar surface area (TPSA) is 92.3 Å². The molecule has 1 N–H and O–H groups in total. The van der Waals surface area contributed by atoms with Gasteiger partial charge in [-0.2, -0.15) is 17.5 Å². The van der Waals surface area contributed by atoms with Gasteiger partial charge in [-0.25, -0.2) is 8.42 Å². The van der Waals surface area contributed by atoms with E-state index in [1.165, 1.54) is 11.3 Å². The first-order valence-electron chi connectivity index (χ1n) is 10.0. The fourth-order valence-electron chi connectivity index (χ4n) is 3.52. The zero-order chi connectivity index (χ0) is 23.6. The van der Waals surface area contributed by atoms with Crippen LogP contribution in [0.3, 0.4) is 0 Å². The van der Waals surface area contributed by atoms with Crippen LogP contribution in [0.5, 0.6) is 0 Å². The van der Waals surface area contributed by atoms with Crippen LogP contribution in [-0.4, -0.2) is 41.9 Å². The molecule has 7 nitrogen and oxygen atoms in total. The van der Waals surface area contributed by atoms with Crippen LogP contribution in [0.1, 0.15) is 18.4 Å². The van der Waals surface area contributed by atoms with Crippen LogP contribution in [-0.2, 0) is 21.0 Å². The molecule has 3 aromatic rings. The maximum Gasteiger partial charge on any atom is 0.416 e. The number of benzene rings is 2. The number of rotatable bonds is 5. The van der Waals surface area contributed by atoms with Crippen LogP contribution in [0.2, 0.25) is 0 Å². The molecular formula is C21H19F3N4O3S2. The van der Waals surface area contributed by atoms with E-state index >= 15 is 0 Å². The summed E-state index contributed by atoms with van der Waals surface area (Å²) in [6.07, 6.45) is -4.15. The Morgan fingerprint density at radius 2 is 1.73 bits per heavy atom. The lowest BCUT2D eigenvalue weighted by Crippen LogP contribution is -2.41. The molecule has 0 radical (unpaired) electrons.